The second kappa shape index (κ2) is 6.00. The third kappa shape index (κ3) is 3.01. The lowest BCUT2D eigenvalue weighted by Crippen LogP contribution is -2.17. The Morgan fingerprint density at radius 2 is 1.33 bits per heavy atom. The predicted octanol–water partition coefficient (Wildman–Crippen LogP) is 4.99. The molecule has 3 rings (SSSR count). The van der Waals surface area contributed by atoms with Crippen molar-refractivity contribution < 1.29 is 0 Å². The highest BCUT2D eigenvalue weighted by molar-refractivity contribution is 7.73. The summed E-state index contributed by atoms with van der Waals surface area (Å²) in [5.41, 5.74) is 1.97. The van der Waals surface area contributed by atoms with Crippen molar-refractivity contribution in [2.75, 3.05) is 0 Å². The van der Waals surface area contributed by atoms with Gasteiger partial charge in [0.15, 0.2) is 0 Å². The molecule has 0 nitrogen and oxygen atoms in total. The molecular formula is C20H21P. The van der Waals surface area contributed by atoms with Gasteiger partial charge in [-0.25, -0.2) is 0 Å². The summed E-state index contributed by atoms with van der Waals surface area (Å²) in [4.78, 5) is 0. The molecule has 0 saturated heterocycles. The number of fused-ring (bicyclic) bond motifs is 1. The van der Waals surface area contributed by atoms with Crippen molar-refractivity contribution in [1.82, 2.24) is 0 Å². The van der Waals surface area contributed by atoms with Crippen LogP contribution in [0.25, 0.3) is 10.8 Å². The first-order valence-electron chi connectivity index (χ1n) is 7.50. The number of benzene rings is 3. The maximum absolute atomic E-state index is 2.38. The molecule has 1 heteroatoms. The topological polar surface area (TPSA) is 0 Å². The number of hydrogen-bond donors (Lipinski definition) is 0. The standard InChI is InChI=1S/C20H21P/c1-15(2)21(19-11-8-16(3)9-12-19)20-13-10-17-6-4-5-7-18(17)14-20/h4-15H,1-3H3. The molecule has 0 aliphatic rings. The fraction of sp³-hybridized carbons (Fsp3) is 0.200. The first-order chi connectivity index (χ1) is 10.1. The van der Waals surface area contributed by atoms with Crippen molar-refractivity contribution >= 4 is 29.3 Å². The minimum absolute atomic E-state index is 0.295. The van der Waals surface area contributed by atoms with Gasteiger partial charge in [0, 0.05) is 0 Å². The van der Waals surface area contributed by atoms with Crippen LogP contribution in [0.3, 0.4) is 0 Å². The minimum atomic E-state index is -0.295. The molecule has 0 amide bonds. The third-order valence-electron chi connectivity index (χ3n) is 3.84. The summed E-state index contributed by atoms with van der Waals surface area (Å²) in [5.74, 6) is 0. The Balaban J connectivity index is 2.08. The summed E-state index contributed by atoms with van der Waals surface area (Å²) in [7, 11) is -0.295. The molecule has 0 N–H and O–H groups in total. The van der Waals surface area contributed by atoms with Gasteiger partial charge in [0.05, 0.1) is 0 Å². The van der Waals surface area contributed by atoms with Crippen molar-refractivity contribution in [1.29, 1.82) is 0 Å². The van der Waals surface area contributed by atoms with Crippen molar-refractivity contribution in [3.05, 3.63) is 72.3 Å². The summed E-state index contributed by atoms with van der Waals surface area (Å²) >= 11 is 0. The Kier molecular flexibility index (Phi) is 4.08. The third-order valence-corrected chi connectivity index (χ3v) is 6.56. The molecule has 0 radical (unpaired) electrons. The predicted molar refractivity (Wildman–Crippen MR) is 96.5 cm³/mol. The van der Waals surface area contributed by atoms with Crippen molar-refractivity contribution in [3.63, 3.8) is 0 Å². The average molecular weight is 292 g/mol. The SMILES string of the molecule is Cc1ccc(P(c2ccc3ccccc3c2)C(C)C)cc1. The molecule has 0 aliphatic heterocycles. The molecule has 106 valence electrons. The second-order valence-electron chi connectivity index (χ2n) is 5.83. The molecular weight excluding hydrogens is 271 g/mol. The van der Waals surface area contributed by atoms with E-state index in [2.05, 4.69) is 87.5 Å². The Hall–Kier alpha value is -1.65. The Labute approximate surface area is 128 Å². The van der Waals surface area contributed by atoms with E-state index in [1.807, 2.05) is 0 Å². The van der Waals surface area contributed by atoms with Gasteiger partial charge in [-0.05, 0) is 48.0 Å². The zero-order chi connectivity index (χ0) is 14.8. The average Bonchev–Trinajstić information content (AvgIpc) is 2.49. The summed E-state index contributed by atoms with van der Waals surface area (Å²) in [5, 5.41) is 5.61. The van der Waals surface area contributed by atoms with Crippen LogP contribution in [0.2, 0.25) is 0 Å². The fourth-order valence-electron chi connectivity index (χ4n) is 2.78. The smallest absolute Gasteiger partial charge is 0.0178 e. The molecule has 1 atom stereocenters. The summed E-state index contributed by atoms with van der Waals surface area (Å²) < 4.78 is 0. The van der Waals surface area contributed by atoms with E-state index in [1.54, 1.807) is 0 Å². The Morgan fingerprint density at radius 1 is 0.714 bits per heavy atom. The van der Waals surface area contributed by atoms with E-state index in [1.165, 1.54) is 26.9 Å². The zero-order valence-electron chi connectivity index (χ0n) is 12.9. The quantitative estimate of drug-likeness (QED) is 0.597. The van der Waals surface area contributed by atoms with Crippen molar-refractivity contribution in [3.8, 4) is 0 Å². The van der Waals surface area contributed by atoms with E-state index in [4.69, 9.17) is 0 Å². The summed E-state index contributed by atoms with van der Waals surface area (Å²) in [6.45, 7) is 6.82. The van der Waals surface area contributed by atoms with E-state index in [-0.39, 0.29) is 7.92 Å². The lowest BCUT2D eigenvalue weighted by molar-refractivity contribution is 1.10. The van der Waals surface area contributed by atoms with E-state index >= 15 is 0 Å². The first-order valence-corrected chi connectivity index (χ1v) is 8.91. The van der Waals surface area contributed by atoms with Gasteiger partial charge >= 0.3 is 0 Å². The molecule has 3 aromatic carbocycles. The van der Waals surface area contributed by atoms with Crippen LogP contribution in [0.15, 0.2) is 66.7 Å². The van der Waals surface area contributed by atoms with E-state index in [0.29, 0.717) is 5.66 Å². The van der Waals surface area contributed by atoms with Gasteiger partial charge in [0.2, 0.25) is 0 Å². The van der Waals surface area contributed by atoms with Gasteiger partial charge in [0.25, 0.3) is 0 Å². The molecule has 0 saturated carbocycles. The monoisotopic (exact) mass is 292 g/mol. The fourth-order valence-corrected chi connectivity index (χ4v) is 5.25. The molecule has 0 bridgehead atoms. The van der Waals surface area contributed by atoms with Gasteiger partial charge in [0.1, 0.15) is 0 Å². The molecule has 0 heterocycles. The lowest BCUT2D eigenvalue weighted by atomic mass is 10.1. The van der Waals surface area contributed by atoms with Crippen LogP contribution in [0.4, 0.5) is 0 Å². The lowest BCUT2D eigenvalue weighted by Gasteiger charge is -2.23. The minimum Gasteiger partial charge on any atom is -0.0616 e. The van der Waals surface area contributed by atoms with Gasteiger partial charge in [-0.15, -0.1) is 0 Å². The highest BCUT2D eigenvalue weighted by atomic mass is 31.1. The van der Waals surface area contributed by atoms with Crippen LogP contribution in [-0.2, 0) is 0 Å². The maximum Gasteiger partial charge on any atom is -0.0178 e. The largest absolute Gasteiger partial charge is 0.0616 e. The van der Waals surface area contributed by atoms with Crippen molar-refractivity contribution in [2.24, 2.45) is 0 Å². The van der Waals surface area contributed by atoms with E-state index in [9.17, 15) is 0 Å². The number of hydrogen-bond acceptors (Lipinski definition) is 0. The van der Waals surface area contributed by atoms with Crippen LogP contribution in [0.5, 0.6) is 0 Å². The number of aryl methyl sites for hydroxylation is 1. The van der Waals surface area contributed by atoms with Gasteiger partial charge in [-0.2, -0.15) is 0 Å². The van der Waals surface area contributed by atoms with Gasteiger partial charge in [-0.1, -0.05) is 80.1 Å². The normalized spacial score (nSPS) is 12.8. The number of rotatable bonds is 3. The highest BCUT2D eigenvalue weighted by Crippen LogP contribution is 2.39. The van der Waals surface area contributed by atoms with Crippen molar-refractivity contribution in [2.45, 2.75) is 26.4 Å². The molecule has 0 spiro atoms. The molecule has 1 unspecified atom stereocenters. The molecule has 0 fully saturated rings. The Morgan fingerprint density at radius 3 is 2.00 bits per heavy atom. The molecule has 3 aromatic rings. The molecule has 0 aromatic heterocycles. The van der Waals surface area contributed by atoms with Gasteiger partial charge < -0.3 is 0 Å². The van der Waals surface area contributed by atoms with Crippen LogP contribution in [-0.4, -0.2) is 5.66 Å². The van der Waals surface area contributed by atoms with Gasteiger partial charge in [-0.3, -0.25) is 0 Å². The van der Waals surface area contributed by atoms with Crippen LogP contribution >= 0.6 is 7.92 Å². The molecule has 21 heavy (non-hydrogen) atoms. The summed E-state index contributed by atoms with van der Waals surface area (Å²) in [6, 6.07) is 24.6. The molecule has 0 aliphatic carbocycles. The maximum atomic E-state index is 2.38. The highest BCUT2D eigenvalue weighted by Gasteiger charge is 2.17. The van der Waals surface area contributed by atoms with Crippen LogP contribution in [0.1, 0.15) is 19.4 Å². The Bertz CT molecular complexity index is 741. The zero-order valence-corrected chi connectivity index (χ0v) is 13.8. The van der Waals surface area contributed by atoms with Crippen LogP contribution < -0.4 is 10.6 Å². The van der Waals surface area contributed by atoms with E-state index in [0.717, 1.165) is 0 Å². The summed E-state index contributed by atoms with van der Waals surface area (Å²) in [6.07, 6.45) is 0. The second-order valence-corrected chi connectivity index (χ2v) is 8.64. The van der Waals surface area contributed by atoms with E-state index < -0.39 is 0 Å². The van der Waals surface area contributed by atoms with Crippen LogP contribution in [0, 0.1) is 6.92 Å². The first kappa shape index (κ1) is 14.3.